The molecule has 2 heterocycles. The normalized spacial score (nSPS) is 13.8. The molecule has 0 saturated carbocycles. The van der Waals surface area contributed by atoms with Gasteiger partial charge < -0.3 is 5.32 Å². The SMILES string of the molecule is Cc1c2c(cc(C(C)C)c1C(C)C)Sc1c(csc1Br)C(=O)N2. The number of carbonyl (C=O) groups excluding carboxylic acids is 1. The minimum Gasteiger partial charge on any atom is -0.321 e. The first-order valence-corrected chi connectivity index (χ1v) is 10.2. The van der Waals surface area contributed by atoms with Gasteiger partial charge in [0.2, 0.25) is 0 Å². The van der Waals surface area contributed by atoms with Crippen LogP contribution in [0, 0.1) is 6.92 Å². The number of hydrogen-bond acceptors (Lipinski definition) is 3. The van der Waals surface area contributed by atoms with E-state index in [0.29, 0.717) is 11.8 Å². The molecule has 0 spiro atoms. The minimum atomic E-state index is -0.0108. The Hall–Kier alpha value is -0.780. The largest absolute Gasteiger partial charge is 0.321 e. The quantitative estimate of drug-likeness (QED) is 0.591. The maximum absolute atomic E-state index is 12.6. The molecule has 0 unspecified atom stereocenters. The predicted molar refractivity (Wildman–Crippen MR) is 103 cm³/mol. The van der Waals surface area contributed by atoms with Crippen LogP contribution in [0.2, 0.25) is 0 Å². The Bertz CT molecular complexity index is 793. The van der Waals surface area contributed by atoms with Crippen LogP contribution < -0.4 is 5.32 Å². The lowest BCUT2D eigenvalue weighted by Crippen LogP contribution is -2.13. The number of thiophene rings is 1. The Labute approximate surface area is 154 Å². The third kappa shape index (κ3) is 2.87. The maximum atomic E-state index is 12.6. The van der Waals surface area contributed by atoms with E-state index in [2.05, 4.69) is 61.9 Å². The van der Waals surface area contributed by atoms with Gasteiger partial charge in [-0.1, -0.05) is 39.5 Å². The lowest BCUT2D eigenvalue weighted by Gasteiger charge is -2.23. The number of anilines is 1. The lowest BCUT2D eigenvalue weighted by atomic mass is 9.86. The van der Waals surface area contributed by atoms with E-state index in [-0.39, 0.29) is 5.91 Å². The zero-order chi connectivity index (χ0) is 16.9. The zero-order valence-corrected chi connectivity index (χ0v) is 17.1. The molecule has 0 bridgehead atoms. The van der Waals surface area contributed by atoms with Crippen LogP contribution >= 0.6 is 39.0 Å². The van der Waals surface area contributed by atoms with E-state index >= 15 is 0 Å². The molecule has 23 heavy (non-hydrogen) atoms. The number of fused-ring (bicyclic) bond motifs is 2. The van der Waals surface area contributed by atoms with Gasteiger partial charge in [-0.2, -0.15) is 0 Å². The van der Waals surface area contributed by atoms with Crippen LogP contribution in [0.5, 0.6) is 0 Å². The van der Waals surface area contributed by atoms with Crippen molar-refractivity contribution in [2.24, 2.45) is 0 Å². The molecular weight excluding hydrogens is 390 g/mol. The fourth-order valence-electron chi connectivity index (χ4n) is 3.17. The minimum absolute atomic E-state index is 0.0108. The van der Waals surface area contributed by atoms with Crippen molar-refractivity contribution in [1.82, 2.24) is 0 Å². The molecule has 1 aliphatic rings. The molecule has 2 nitrogen and oxygen atoms in total. The highest BCUT2D eigenvalue weighted by Crippen LogP contribution is 2.48. The second kappa shape index (κ2) is 6.26. The molecule has 1 aromatic heterocycles. The van der Waals surface area contributed by atoms with Crippen LogP contribution in [0.25, 0.3) is 0 Å². The lowest BCUT2D eigenvalue weighted by molar-refractivity contribution is 0.102. The van der Waals surface area contributed by atoms with E-state index in [1.807, 2.05) is 5.38 Å². The highest BCUT2D eigenvalue weighted by molar-refractivity contribution is 9.11. The van der Waals surface area contributed by atoms with Crippen LogP contribution in [0.4, 0.5) is 5.69 Å². The van der Waals surface area contributed by atoms with E-state index < -0.39 is 0 Å². The van der Waals surface area contributed by atoms with Gasteiger partial charge in [0.1, 0.15) is 0 Å². The summed E-state index contributed by atoms with van der Waals surface area (Å²) in [6, 6.07) is 2.27. The van der Waals surface area contributed by atoms with Crippen LogP contribution in [0.3, 0.4) is 0 Å². The fraction of sp³-hybridized carbons (Fsp3) is 0.389. The fourth-order valence-corrected chi connectivity index (χ4v) is 5.97. The molecule has 1 amide bonds. The van der Waals surface area contributed by atoms with Crippen molar-refractivity contribution in [3.05, 3.63) is 37.5 Å². The summed E-state index contributed by atoms with van der Waals surface area (Å²) in [5.74, 6) is 0.882. The summed E-state index contributed by atoms with van der Waals surface area (Å²) < 4.78 is 1.03. The van der Waals surface area contributed by atoms with Gasteiger partial charge in [-0.15, -0.1) is 11.3 Å². The Morgan fingerprint density at radius 1 is 1.17 bits per heavy atom. The van der Waals surface area contributed by atoms with Crippen molar-refractivity contribution in [1.29, 1.82) is 0 Å². The first kappa shape index (κ1) is 17.1. The predicted octanol–water partition coefficient (Wildman–Crippen LogP) is 6.78. The second-order valence-electron chi connectivity index (χ2n) is 6.50. The van der Waals surface area contributed by atoms with Crippen LogP contribution in [0.1, 0.15) is 66.6 Å². The summed E-state index contributed by atoms with van der Waals surface area (Å²) in [6.45, 7) is 11.0. The van der Waals surface area contributed by atoms with Crippen molar-refractivity contribution in [2.45, 2.75) is 56.2 Å². The molecule has 1 N–H and O–H groups in total. The number of nitrogens with one attached hydrogen (secondary N) is 1. The molecule has 0 aliphatic carbocycles. The summed E-state index contributed by atoms with van der Waals surface area (Å²) in [6.07, 6.45) is 0. The van der Waals surface area contributed by atoms with Crippen molar-refractivity contribution >= 4 is 50.6 Å². The Morgan fingerprint density at radius 3 is 2.48 bits per heavy atom. The molecule has 5 heteroatoms. The van der Waals surface area contributed by atoms with Crippen molar-refractivity contribution < 1.29 is 4.79 Å². The first-order valence-electron chi connectivity index (χ1n) is 7.74. The zero-order valence-electron chi connectivity index (χ0n) is 13.9. The monoisotopic (exact) mass is 409 g/mol. The topological polar surface area (TPSA) is 29.1 Å². The Kier molecular flexibility index (Phi) is 4.64. The van der Waals surface area contributed by atoms with Crippen molar-refractivity contribution in [2.75, 3.05) is 5.32 Å². The van der Waals surface area contributed by atoms with E-state index in [1.54, 1.807) is 23.1 Å². The first-order chi connectivity index (χ1) is 10.8. The molecule has 0 fully saturated rings. The Morgan fingerprint density at radius 2 is 1.87 bits per heavy atom. The van der Waals surface area contributed by atoms with Gasteiger partial charge in [0.15, 0.2) is 0 Å². The molecule has 1 aromatic carbocycles. The number of carbonyl (C=O) groups is 1. The van der Waals surface area contributed by atoms with Gasteiger partial charge in [-0.25, -0.2) is 0 Å². The molecule has 1 aliphatic heterocycles. The third-order valence-electron chi connectivity index (χ3n) is 4.22. The average molecular weight is 410 g/mol. The molecule has 0 atom stereocenters. The molecule has 2 aromatic rings. The molecule has 0 saturated heterocycles. The second-order valence-corrected chi connectivity index (χ2v) is 9.75. The van der Waals surface area contributed by atoms with E-state index in [1.165, 1.54) is 16.7 Å². The summed E-state index contributed by atoms with van der Waals surface area (Å²) in [5, 5.41) is 5.07. The summed E-state index contributed by atoms with van der Waals surface area (Å²) in [4.78, 5) is 14.8. The van der Waals surface area contributed by atoms with Crippen molar-refractivity contribution in [3.63, 3.8) is 0 Å². The highest BCUT2D eigenvalue weighted by atomic mass is 79.9. The number of benzene rings is 1. The highest BCUT2D eigenvalue weighted by Gasteiger charge is 2.27. The van der Waals surface area contributed by atoms with Gasteiger partial charge >= 0.3 is 0 Å². The van der Waals surface area contributed by atoms with Crippen LogP contribution in [0.15, 0.2) is 25.0 Å². The van der Waals surface area contributed by atoms with E-state index in [4.69, 9.17) is 0 Å². The van der Waals surface area contributed by atoms with Gasteiger partial charge in [0, 0.05) is 10.3 Å². The van der Waals surface area contributed by atoms with Gasteiger partial charge in [0.25, 0.3) is 5.91 Å². The molecule has 3 rings (SSSR count). The molecule has 0 radical (unpaired) electrons. The molecule has 122 valence electrons. The summed E-state index contributed by atoms with van der Waals surface area (Å²) in [7, 11) is 0. The standard InChI is InChI=1S/C18H20BrNOS2/c1-8(2)11-6-13-15(10(5)14(11)9(3)4)20-18(21)12-7-22-17(19)16(12)23-13/h6-9H,1-5H3,(H,20,21). The maximum Gasteiger partial charge on any atom is 0.257 e. The van der Waals surface area contributed by atoms with Gasteiger partial charge in [0.05, 0.1) is 19.9 Å². The summed E-state index contributed by atoms with van der Waals surface area (Å²) in [5.41, 5.74) is 5.68. The van der Waals surface area contributed by atoms with Gasteiger partial charge in [-0.3, -0.25) is 4.79 Å². The van der Waals surface area contributed by atoms with Gasteiger partial charge in [-0.05, 0) is 57.4 Å². The summed E-state index contributed by atoms with van der Waals surface area (Å²) >= 11 is 6.84. The number of rotatable bonds is 2. The van der Waals surface area contributed by atoms with Crippen molar-refractivity contribution in [3.8, 4) is 0 Å². The smallest absolute Gasteiger partial charge is 0.257 e. The number of amides is 1. The Balaban J connectivity index is 2.26. The van der Waals surface area contributed by atoms with Crippen LogP contribution in [-0.2, 0) is 0 Å². The van der Waals surface area contributed by atoms with E-state index in [9.17, 15) is 4.79 Å². The van der Waals surface area contributed by atoms with E-state index in [0.717, 1.165) is 24.8 Å². The van der Waals surface area contributed by atoms with Crippen LogP contribution in [-0.4, -0.2) is 5.91 Å². The number of halogens is 1. The number of hydrogen-bond donors (Lipinski definition) is 1. The average Bonchev–Trinajstić information content (AvgIpc) is 2.75. The molecular formula is C18H20BrNOS2. The third-order valence-corrected chi connectivity index (χ3v) is 7.50.